The van der Waals surface area contributed by atoms with E-state index in [0.29, 0.717) is 11.4 Å². The molecule has 5 nitrogen and oxygen atoms in total. The van der Waals surface area contributed by atoms with Crippen molar-refractivity contribution >= 4 is 23.4 Å². The molecule has 1 aromatic heterocycles. The minimum Gasteiger partial charge on any atom is -0.497 e. The molecule has 1 fully saturated rings. The van der Waals surface area contributed by atoms with Gasteiger partial charge in [-0.25, -0.2) is 9.07 Å². The SMILES string of the molecule is COc1ccc(-c2nn(-c3ccccc3)cc2C2SCC(=O)N2c2cccc(F)c2)cc1. The number of thioether (sulfide) groups is 1. The van der Waals surface area contributed by atoms with Gasteiger partial charge in [-0.05, 0) is 54.6 Å². The molecule has 5 rings (SSSR count). The molecule has 0 saturated carbocycles. The van der Waals surface area contributed by atoms with Crippen LogP contribution in [0.2, 0.25) is 0 Å². The monoisotopic (exact) mass is 445 g/mol. The molecule has 1 unspecified atom stereocenters. The minimum absolute atomic E-state index is 0.0567. The number of carbonyl (C=O) groups excluding carboxylic acids is 1. The highest BCUT2D eigenvalue weighted by Gasteiger charge is 2.37. The molecule has 0 bridgehead atoms. The summed E-state index contributed by atoms with van der Waals surface area (Å²) in [5, 5.41) is 4.55. The van der Waals surface area contributed by atoms with Gasteiger partial charge in [-0.3, -0.25) is 9.69 Å². The first-order valence-electron chi connectivity index (χ1n) is 10.1. The summed E-state index contributed by atoms with van der Waals surface area (Å²) < 4.78 is 21.1. The van der Waals surface area contributed by atoms with Crippen LogP contribution in [0, 0.1) is 5.82 Å². The summed E-state index contributed by atoms with van der Waals surface area (Å²) in [5.41, 5.74) is 4.03. The van der Waals surface area contributed by atoms with Gasteiger partial charge in [0.2, 0.25) is 5.91 Å². The van der Waals surface area contributed by atoms with E-state index in [0.717, 1.165) is 28.3 Å². The maximum Gasteiger partial charge on any atom is 0.238 e. The molecular formula is C25H20FN3O2S. The molecule has 1 aliphatic heterocycles. The molecule has 4 aromatic rings. The smallest absolute Gasteiger partial charge is 0.238 e. The van der Waals surface area contributed by atoms with Crippen LogP contribution < -0.4 is 9.64 Å². The molecule has 32 heavy (non-hydrogen) atoms. The number of amides is 1. The average Bonchev–Trinajstić information content (AvgIpc) is 3.43. The lowest BCUT2D eigenvalue weighted by atomic mass is 10.1. The summed E-state index contributed by atoms with van der Waals surface area (Å²) in [5.74, 6) is 0.643. The van der Waals surface area contributed by atoms with E-state index in [2.05, 4.69) is 0 Å². The van der Waals surface area contributed by atoms with Crippen molar-refractivity contribution in [2.75, 3.05) is 17.8 Å². The van der Waals surface area contributed by atoms with Crippen LogP contribution in [-0.4, -0.2) is 28.6 Å². The molecule has 0 radical (unpaired) electrons. The van der Waals surface area contributed by atoms with E-state index in [1.165, 1.54) is 23.9 Å². The predicted molar refractivity (Wildman–Crippen MR) is 125 cm³/mol. The normalized spacial score (nSPS) is 15.9. The Morgan fingerprint density at radius 1 is 1.00 bits per heavy atom. The maximum absolute atomic E-state index is 13.9. The lowest BCUT2D eigenvalue weighted by Gasteiger charge is -2.24. The molecule has 0 spiro atoms. The van der Waals surface area contributed by atoms with Gasteiger partial charge in [0.25, 0.3) is 0 Å². The summed E-state index contributed by atoms with van der Waals surface area (Å²) >= 11 is 1.51. The third-order valence-electron chi connectivity index (χ3n) is 5.35. The van der Waals surface area contributed by atoms with Crippen LogP contribution in [0.5, 0.6) is 5.75 Å². The lowest BCUT2D eigenvalue weighted by Crippen LogP contribution is -2.28. The van der Waals surface area contributed by atoms with Gasteiger partial charge in [0, 0.05) is 23.0 Å². The molecule has 1 saturated heterocycles. The van der Waals surface area contributed by atoms with Gasteiger partial charge in [-0.1, -0.05) is 24.3 Å². The molecule has 1 atom stereocenters. The van der Waals surface area contributed by atoms with E-state index in [1.807, 2.05) is 65.5 Å². The quantitative estimate of drug-likeness (QED) is 0.409. The van der Waals surface area contributed by atoms with Crippen molar-refractivity contribution in [2.24, 2.45) is 0 Å². The van der Waals surface area contributed by atoms with Crippen molar-refractivity contribution in [1.82, 2.24) is 9.78 Å². The van der Waals surface area contributed by atoms with Gasteiger partial charge in [0.15, 0.2) is 0 Å². The van der Waals surface area contributed by atoms with Gasteiger partial charge in [-0.2, -0.15) is 5.10 Å². The van der Waals surface area contributed by atoms with Gasteiger partial charge in [-0.15, -0.1) is 11.8 Å². The summed E-state index contributed by atoms with van der Waals surface area (Å²) in [6.07, 6.45) is 1.96. The zero-order chi connectivity index (χ0) is 22.1. The third-order valence-corrected chi connectivity index (χ3v) is 6.54. The molecule has 2 heterocycles. The van der Waals surface area contributed by atoms with Crippen molar-refractivity contribution in [1.29, 1.82) is 0 Å². The van der Waals surface area contributed by atoms with Crippen LogP contribution in [0.3, 0.4) is 0 Å². The van der Waals surface area contributed by atoms with E-state index >= 15 is 0 Å². The Hall–Kier alpha value is -3.58. The number of nitrogens with zero attached hydrogens (tertiary/aromatic N) is 3. The Kier molecular flexibility index (Phi) is 5.41. The number of rotatable bonds is 5. The van der Waals surface area contributed by atoms with Crippen LogP contribution in [0.25, 0.3) is 16.9 Å². The summed E-state index contributed by atoms with van der Waals surface area (Å²) in [6.45, 7) is 0. The van der Waals surface area contributed by atoms with E-state index < -0.39 is 0 Å². The van der Waals surface area contributed by atoms with E-state index in [9.17, 15) is 9.18 Å². The number of hydrogen-bond acceptors (Lipinski definition) is 4. The Morgan fingerprint density at radius 2 is 1.75 bits per heavy atom. The molecule has 0 aliphatic carbocycles. The van der Waals surface area contributed by atoms with Gasteiger partial charge >= 0.3 is 0 Å². The molecule has 3 aromatic carbocycles. The largest absolute Gasteiger partial charge is 0.497 e. The minimum atomic E-state index is -0.374. The topological polar surface area (TPSA) is 47.4 Å². The first-order valence-corrected chi connectivity index (χ1v) is 11.2. The number of aromatic nitrogens is 2. The molecule has 7 heteroatoms. The standard InChI is InChI=1S/C25H20FN3O2S/c1-31-21-12-10-17(11-13-21)24-22(15-28(27-24)19-7-3-2-4-8-19)25-29(23(30)16-32-25)20-9-5-6-18(26)14-20/h2-15,25H,16H2,1H3. The Morgan fingerprint density at radius 3 is 2.47 bits per heavy atom. The fourth-order valence-corrected chi connectivity index (χ4v) is 4.99. The summed E-state index contributed by atoms with van der Waals surface area (Å²) in [4.78, 5) is 14.5. The van der Waals surface area contributed by atoms with Crippen molar-refractivity contribution in [3.8, 4) is 22.7 Å². The number of para-hydroxylation sites is 1. The highest BCUT2D eigenvalue weighted by atomic mass is 32.2. The fourth-order valence-electron chi connectivity index (χ4n) is 3.81. The van der Waals surface area contributed by atoms with Crippen LogP contribution in [-0.2, 0) is 4.79 Å². The third kappa shape index (κ3) is 3.76. The molecule has 0 N–H and O–H groups in total. The van der Waals surface area contributed by atoms with Gasteiger partial charge < -0.3 is 4.74 Å². The van der Waals surface area contributed by atoms with Crippen LogP contribution >= 0.6 is 11.8 Å². The van der Waals surface area contributed by atoms with Crippen LogP contribution in [0.4, 0.5) is 10.1 Å². The van der Waals surface area contributed by atoms with Crippen LogP contribution in [0.15, 0.2) is 85.1 Å². The Labute approximate surface area is 189 Å². The molecule has 160 valence electrons. The maximum atomic E-state index is 13.9. The number of hydrogen-bond donors (Lipinski definition) is 0. The fraction of sp³-hybridized carbons (Fsp3) is 0.120. The highest BCUT2D eigenvalue weighted by molar-refractivity contribution is 8.00. The number of halogens is 1. The predicted octanol–water partition coefficient (Wildman–Crippen LogP) is 5.47. The second-order valence-corrected chi connectivity index (χ2v) is 8.42. The first-order chi connectivity index (χ1) is 15.6. The number of ether oxygens (including phenoxy) is 1. The van der Waals surface area contributed by atoms with Crippen molar-refractivity contribution in [3.63, 3.8) is 0 Å². The number of benzene rings is 3. The van der Waals surface area contributed by atoms with Crippen molar-refractivity contribution in [2.45, 2.75) is 5.37 Å². The second kappa shape index (κ2) is 8.51. The zero-order valence-corrected chi connectivity index (χ0v) is 18.1. The molecular weight excluding hydrogens is 425 g/mol. The Bertz CT molecular complexity index is 1260. The highest BCUT2D eigenvalue weighted by Crippen LogP contribution is 2.45. The molecule has 1 aliphatic rings. The van der Waals surface area contributed by atoms with Crippen molar-refractivity contribution < 1.29 is 13.9 Å². The van der Waals surface area contributed by atoms with E-state index in [4.69, 9.17) is 9.84 Å². The van der Waals surface area contributed by atoms with Gasteiger partial charge in [0.1, 0.15) is 16.9 Å². The Balaban J connectivity index is 1.64. The lowest BCUT2D eigenvalue weighted by molar-refractivity contribution is -0.115. The van der Waals surface area contributed by atoms with Crippen molar-refractivity contribution in [3.05, 3.63) is 96.4 Å². The van der Waals surface area contributed by atoms with E-state index in [1.54, 1.807) is 24.1 Å². The second-order valence-electron chi connectivity index (χ2n) is 7.35. The van der Waals surface area contributed by atoms with E-state index in [-0.39, 0.29) is 17.1 Å². The van der Waals surface area contributed by atoms with Gasteiger partial charge in [0.05, 0.1) is 24.2 Å². The number of anilines is 1. The summed E-state index contributed by atoms with van der Waals surface area (Å²) in [7, 11) is 1.63. The number of carbonyl (C=O) groups is 1. The summed E-state index contributed by atoms with van der Waals surface area (Å²) in [6, 6.07) is 23.6. The number of methoxy groups -OCH3 is 1. The first kappa shape index (κ1) is 20.3. The average molecular weight is 446 g/mol. The molecule has 1 amide bonds. The zero-order valence-electron chi connectivity index (χ0n) is 17.3. The van der Waals surface area contributed by atoms with Crippen LogP contribution in [0.1, 0.15) is 10.9 Å².